The average Bonchev–Trinajstić information content (AvgIpc) is 3.07. The number of nitrogens with zero attached hydrogens (tertiary/aromatic N) is 4. The fourth-order valence-electron chi connectivity index (χ4n) is 2.68. The molecule has 27 heavy (non-hydrogen) atoms. The van der Waals surface area contributed by atoms with Crippen LogP contribution in [0.15, 0.2) is 23.4 Å². The van der Waals surface area contributed by atoms with Crippen LogP contribution in [0.4, 0.5) is 16.0 Å². The molecule has 146 valence electrons. The SMILES string of the molecule is CCn1c(S[C@H](C)C(=O)Nc2ccc(Cl)cc2F)nnc1N1CCOCC1. The molecule has 1 aliphatic heterocycles. The third kappa shape index (κ3) is 4.72. The third-order valence-corrected chi connectivity index (χ3v) is 5.46. The number of amides is 1. The van der Waals surface area contributed by atoms with Gasteiger partial charge in [-0.25, -0.2) is 4.39 Å². The molecule has 1 aromatic carbocycles. The van der Waals surface area contributed by atoms with E-state index in [0.29, 0.717) is 24.9 Å². The van der Waals surface area contributed by atoms with Crippen LogP contribution in [-0.4, -0.2) is 52.2 Å². The highest BCUT2D eigenvalue weighted by Gasteiger charge is 2.23. The lowest BCUT2D eigenvalue weighted by molar-refractivity contribution is -0.115. The van der Waals surface area contributed by atoms with Crippen molar-refractivity contribution in [3.05, 3.63) is 29.0 Å². The first-order valence-corrected chi connectivity index (χ1v) is 9.93. The van der Waals surface area contributed by atoms with Crippen LogP contribution in [0.2, 0.25) is 5.02 Å². The Morgan fingerprint density at radius 1 is 1.41 bits per heavy atom. The first-order valence-electron chi connectivity index (χ1n) is 8.68. The largest absolute Gasteiger partial charge is 0.378 e. The number of morpholine rings is 1. The molecule has 2 heterocycles. The Morgan fingerprint density at radius 3 is 2.81 bits per heavy atom. The van der Waals surface area contributed by atoms with Crippen molar-refractivity contribution in [2.75, 3.05) is 36.5 Å². The molecule has 1 aliphatic rings. The summed E-state index contributed by atoms with van der Waals surface area (Å²) in [4.78, 5) is 14.6. The monoisotopic (exact) mass is 413 g/mol. The van der Waals surface area contributed by atoms with Crippen LogP contribution in [-0.2, 0) is 16.1 Å². The summed E-state index contributed by atoms with van der Waals surface area (Å²) < 4.78 is 21.2. The molecule has 0 bridgehead atoms. The minimum absolute atomic E-state index is 0.0998. The van der Waals surface area contributed by atoms with Gasteiger partial charge in [0.25, 0.3) is 0 Å². The Kier molecular flexibility index (Phi) is 6.56. The predicted octanol–water partition coefficient (Wildman–Crippen LogP) is 3.05. The number of benzene rings is 1. The van der Waals surface area contributed by atoms with Crippen molar-refractivity contribution in [3.63, 3.8) is 0 Å². The van der Waals surface area contributed by atoms with E-state index in [1.165, 1.54) is 23.9 Å². The van der Waals surface area contributed by atoms with Crippen LogP contribution in [0.25, 0.3) is 0 Å². The number of nitrogens with one attached hydrogen (secondary N) is 1. The van der Waals surface area contributed by atoms with Gasteiger partial charge in [-0.15, -0.1) is 10.2 Å². The molecule has 1 fully saturated rings. The molecular formula is C17H21ClFN5O2S. The van der Waals surface area contributed by atoms with E-state index in [-0.39, 0.29) is 16.6 Å². The lowest BCUT2D eigenvalue weighted by Gasteiger charge is -2.27. The Balaban J connectivity index is 1.68. The van der Waals surface area contributed by atoms with Crippen LogP contribution in [0.3, 0.4) is 0 Å². The van der Waals surface area contributed by atoms with Gasteiger partial charge in [-0.05, 0) is 32.0 Å². The number of anilines is 2. The summed E-state index contributed by atoms with van der Waals surface area (Å²) in [6.07, 6.45) is 0. The number of carbonyl (C=O) groups excluding carboxylic acids is 1. The Labute approximate surface area is 166 Å². The molecular weight excluding hydrogens is 393 g/mol. The predicted molar refractivity (Wildman–Crippen MR) is 104 cm³/mol. The van der Waals surface area contributed by atoms with Gasteiger partial charge in [-0.2, -0.15) is 0 Å². The van der Waals surface area contributed by atoms with Gasteiger partial charge in [0.2, 0.25) is 11.9 Å². The first kappa shape index (κ1) is 19.9. The van der Waals surface area contributed by atoms with Crippen molar-refractivity contribution in [2.45, 2.75) is 30.8 Å². The van der Waals surface area contributed by atoms with Gasteiger partial charge in [0, 0.05) is 24.7 Å². The van der Waals surface area contributed by atoms with Gasteiger partial charge in [0.05, 0.1) is 24.2 Å². The Hall–Kier alpha value is -1.84. The topological polar surface area (TPSA) is 72.3 Å². The fraction of sp³-hybridized carbons (Fsp3) is 0.471. The molecule has 1 saturated heterocycles. The maximum atomic E-state index is 13.9. The van der Waals surface area contributed by atoms with Gasteiger partial charge in [0.1, 0.15) is 5.82 Å². The van der Waals surface area contributed by atoms with Crippen molar-refractivity contribution >= 4 is 40.9 Å². The number of ether oxygens (including phenoxy) is 1. The molecule has 0 aliphatic carbocycles. The van der Waals surface area contributed by atoms with Crippen molar-refractivity contribution in [2.24, 2.45) is 0 Å². The van der Waals surface area contributed by atoms with E-state index in [1.807, 2.05) is 11.5 Å². The number of hydrogen-bond donors (Lipinski definition) is 1. The fourth-order valence-corrected chi connectivity index (χ4v) is 3.75. The Morgan fingerprint density at radius 2 is 2.15 bits per heavy atom. The second-order valence-corrected chi connectivity index (χ2v) is 7.74. The molecule has 0 unspecified atom stereocenters. The van der Waals surface area contributed by atoms with Crippen LogP contribution >= 0.6 is 23.4 Å². The number of carbonyl (C=O) groups is 1. The van der Waals surface area contributed by atoms with Crippen LogP contribution in [0.5, 0.6) is 0 Å². The number of aromatic nitrogens is 3. The molecule has 1 atom stereocenters. The molecule has 0 saturated carbocycles. The molecule has 7 nitrogen and oxygen atoms in total. The number of hydrogen-bond acceptors (Lipinski definition) is 6. The summed E-state index contributed by atoms with van der Waals surface area (Å²) in [5, 5.41) is 11.6. The highest BCUT2D eigenvalue weighted by Crippen LogP contribution is 2.27. The highest BCUT2D eigenvalue weighted by molar-refractivity contribution is 8.00. The summed E-state index contributed by atoms with van der Waals surface area (Å²) in [5.74, 6) is -0.112. The van der Waals surface area contributed by atoms with Crippen molar-refractivity contribution in [1.82, 2.24) is 14.8 Å². The second kappa shape index (κ2) is 8.90. The summed E-state index contributed by atoms with van der Waals surface area (Å²) in [6, 6.07) is 4.13. The average molecular weight is 414 g/mol. The Bertz CT molecular complexity index is 813. The summed E-state index contributed by atoms with van der Waals surface area (Å²) in [5.41, 5.74) is 0.0998. The zero-order chi connectivity index (χ0) is 19.4. The lowest BCUT2D eigenvalue weighted by Crippen LogP contribution is -2.38. The van der Waals surface area contributed by atoms with Gasteiger partial charge >= 0.3 is 0 Å². The lowest BCUT2D eigenvalue weighted by atomic mass is 10.3. The van der Waals surface area contributed by atoms with E-state index in [0.717, 1.165) is 25.1 Å². The van der Waals surface area contributed by atoms with Gasteiger partial charge in [-0.3, -0.25) is 9.36 Å². The molecule has 2 aromatic rings. The highest BCUT2D eigenvalue weighted by atomic mass is 35.5. The smallest absolute Gasteiger partial charge is 0.237 e. The van der Waals surface area contributed by atoms with E-state index >= 15 is 0 Å². The maximum Gasteiger partial charge on any atom is 0.237 e. The van der Waals surface area contributed by atoms with Gasteiger partial charge in [0.15, 0.2) is 5.16 Å². The van der Waals surface area contributed by atoms with Crippen LogP contribution < -0.4 is 10.2 Å². The first-order chi connectivity index (χ1) is 13.0. The van der Waals surface area contributed by atoms with E-state index < -0.39 is 11.1 Å². The molecule has 3 rings (SSSR count). The molecule has 0 radical (unpaired) electrons. The van der Waals surface area contributed by atoms with Crippen molar-refractivity contribution in [1.29, 1.82) is 0 Å². The second-order valence-electron chi connectivity index (χ2n) is 6.00. The summed E-state index contributed by atoms with van der Waals surface area (Å²) in [6.45, 7) is 7.27. The standard InChI is InChI=1S/C17H21ClFN5O2S/c1-3-24-16(23-6-8-26-9-7-23)21-22-17(24)27-11(2)15(25)20-14-5-4-12(18)10-13(14)19/h4-5,10-11H,3,6-9H2,1-2H3,(H,20,25)/t11-/m1/s1. The van der Waals surface area contributed by atoms with Crippen molar-refractivity contribution < 1.29 is 13.9 Å². The molecule has 1 N–H and O–H groups in total. The quantitative estimate of drug-likeness (QED) is 0.734. The van der Waals surface area contributed by atoms with Gasteiger partial charge in [-0.1, -0.05) is 23.4 Å². The molecule has 10 heteroatoms. The normalized spacial score (nSPS) is 15.6. The van der Waals surface area contributed by atoms with Gasteiger partial charge < -0.3 is 15.0 Å². The van der Waals surface area contributed by atoms with Crippen molar-refractivity contribution in [3.8, 4) is 0 Å². The number of rotatable bonds is 6. The van der Waals surface area contributed by atoms with E-state index in [9.17, 15) is 9.18 Å². The zero-order valence-corrected chi connectivity index (χ0v) is 16.7. The third-order valence-electron chi connectivity index (χ3n) is 4.15. The minimum atomic E-state index is -0.570. The number of halogens is 2. The maximum absolute atomic E-state index is 13.9. The molecule has 0 spiro atoms. The van der Waals surface area contributed by atoms with E-state index in [1.54, 1.807) is 6.92 Å². The molecule has 1 amide bonds. The minimum Gasteiger partial charge on any atom is -0.378 e. The molecule has 1 aromatic heterocycles. The van der Waals surface area contributed by atoms with Crippen LogP contribution in [0.1, 0.15) is 13.8 Å². The number of thioether (sulfide) groups is 1. The summed E-state index contributed by atoms with van der Waals surface area (Å²) >= 11 is 7.02. The van der Waals surface area contributed by atoms with Crippen LogP contribution in [0, 0.1) is 5.82 Å². The zero-order valence-electron chi connectivity index (χ0n) is 15.1. The van der Waals surface area contributed by atoms with E-state index in [4.69, 9.17) is 16.3 Å². The van der Waals surface area contributed by atoms with E-state index in [2.05, 4.69) is 20.4 Å². The summed E-state index contributed by atoms with van der Waals surface area (Å²) in [7, 11) is 0.